The SMILES string of the molecule is FC(F)(F)c1ccn2ccnc2c1Cl. The monoisotopic (exact) mass is 220 g/mol. The minimum absolute atomic E-state index is 0.112. The van der Waals surface area contributed by atoms with Gasteiger partial charge in [-0.15, -0.1) is 0 Å². The summed E-state index contributed by atoms with van der Waals surface area (Å²) in [5, 5.41) is -0.370. The van der Waals surface area contributed by atoms with E-state index in [2.05, 4.69) is 4.98 Å². The second-order valence-corrected chi connectivity index (χ2v) is 3.08. The third-order valence-corrected chi connectivity index (χ3v) is 2.18. The first kappa shape index (κ1) is 9.33. The lowest BCUT2D eigenvalue weighted by atomic mass is 10.2. The van der Waals surface area contributed by atoms with E-state index in [0.29, 0.717) is 0 Å². The van der Waals surface area contributed by atoms with Crippen molar-refractivity contribution in [1.82, 2.24) is 9.38 Å². The van der Waals surface area contributed by atoms with Crippen LogP contribution in [-0.2, 0) is 6.18 Å². The molecule has 0 radical (unpaired) electrons. The zero-order valence-electron chi connectivity index (χ0n) is 6.72. The summed E-state index contributed by atoms with van der Waals surface area (Å²) < 4.78 is 38.5. The van der Waals surface area contributed by atoms with E-state index in [1.165, 1.54) is 23.0 Å². The van der Waals surface area contributed by atoms with Gasteiger partial charge in [-0.2, -0.15) is 13.2 Å². The molecule has 0 unspecified atom stereocenters. The number of halogens is 4. The summed E-state index contributed by atoms with van der Waals surface area (Å²) >= 11 is 5.56. The standard InChI is InChI=1S/C8H4ClF3N2/c9-6-5(8(10,11)12)1-3-14-4-2-13-7(6)14/h1-4H. The van der Waals surface area contributed by atoms with Gasteiger partial charge in [0.15, 0.2) is 5.65 Å². The highest BCUT2D eigenvalue weighted by atomic mass is 35.5. The molecule has 0 fully saturated rings. The van der Waals surface area contributed by atoms with Gasteiger partial charge in [0, 0.05) is 18.6 Å². The summed E-state index contributed by atoms with van der Waals surface area (Å²) in [7, 11) is 0. The first-order valence-corrected chi connectivity index (χ1v) is 4.06. The van der Waals surface area contributed by atoms with Crippen molar-refractivity contribution >= 4 is 17.2 Å². The normalized spacial score (nSPS) is 12.3. The molecule has 0 bridgehead atoms. The molecule has 2 heterocycles. The summed E-state index contributed by atoms with van der Waals surface area (Å²) in [6.45, 7) is 0. The summed E-state index contributed by atoms with van der Waals surface area (Å²) in [6, 6.07) is 0.928. The first-order valence-electron chi connectivity index (χ1n) is 3.68. The van der Waals surface area contributed by atoms with E-state index in [4.69, 9.17) is 11.6 Å². The van der Waals surface area contributed by atoms with Crippen LogP contribution in [0.2, 0.25) is 5.02 Å². The number of alkyl halides is 3. The van der Waals surface area contributed by atoms with E-state index in [1.807, 2.05) is 0 Å². The van der Waals surface area contributed by atoms with Crippen LogP contribution in [0.3, 0.4) is 0 Å². The van der Waals surface area contributed by atoms with Crippen LogP contribution in [-0.4, -0.2) is 9.38 Å². The molecule has 14 heavy (non-hydrogen) atoms. The van der Waals surface area contributed by atoms with Gasteiger partial charge in [-0.05, 0) is 6.07 Å². The molecule has 2 aromatic heterocycles. The fourth-order valence-electron chi connectivity index (χ4n) is 1.17. The molecule has 6 heteroatoms. The van der Waals surface area contributed by atoms with Gasteiger partial charge in [0.2, 0.25) is 0 Å². The molecule has 0 spiro atoms. The topological polar surface area (TPSA) is 17.3 Å². The van der Waals surface area contributed by atoms with Gasteiger partial charge >= 0.3 is 6.18 Å². The minimum Gasteiger partial charge on any atom is -0.306 e. The molecule has 2 aromatic rings. The van der Waals surface area contributed by atoms with Crippen molar-refractivity contribution in [3.05, 3.63) is 35.2 Å². The highest BCUT2D eigenvalue weighted by Gasteiger charge is 2.34. The number of hydrogen-bond acceptors (Lipinski definition) is 1. The number of nitrogens with zero attached hydrogens (tertiary/aromatic N) is 2. The van der Waals surface area contributed by atoms with Crippen molar-refractivity contribution in [1.29, 1.82) is 0 Å². The van der Waals surface area contributed by atoms with Crippen LogP contribution in [0.1, 0.15) is 5.56 Å². The van der Waals surface area contributed by atoms with Crippen LogP contribution in [0.15, 0.2) is 24.7 Å². The Morgan fingerprint density at radius 3 is 2.64 bits per heavy atom. The summed E-state index contributed by atoms with van der Waals surface area (Å²) in [5.74, 6) is 0. The highest BCUT2D eigenvalue weighted by Crippen LogP contribution is 2.35. The summed E-state index contributed by atoms with van der Waals surface area (Å²) in [5.41, 5.74) is -0.751. The summed E-state index contributed by atoms with van der Waals surface area (Å²) in [6.07, 6.45) is -0.245. The number of aromatic nitrogens is 2. The van der Waals surface area contributed by atoms with Crippen molar-refractivity contribution < 1.29 is 13.2 Å². The van der Waals surface area contributed by atoms with E-state index >= 15 is 0 Å². The fraction of sp³-hybridized carbons (Fsp3) is 0.125. The van der Waals surface area contributed by atoms with Crippen LogP contribution < -0.4 is 0 Å². The van der Waals surface area contributed by atoms with Crippen LogP contribution in [0.4, 0.5) is 13.2 Å². The van der Waals surface area contributed by atoms with Gasteiger partial charge in [-0.3, -0.25) is 0 Å². The molecular weight excluding hydrogens is 217 g/mol. The molecular formula is C8H4ClF3N2. The quantitative estimate of drug-likeness (QED) is 0.667. The van der Waals surface area contributed by atoms with Gasteiger partial charge in [-0.1, -0.05) is 11.6 Å². The van der Waals surface area contributed by atoms with Gasteiger partial charge in [0.25, 0.3) is 0 Å². The van der Waals surface area contributed by atoms with Crippen molar-refractivity contribution in [3.63, 3.8) is 0 Å². The predicted molar refractivity (Wildman–Crippen MR) is 45.2 cm³/mol. The molecule has 0 saturated heterocycles. The number of pyridine rings is 1. The zero-order valence-corrected chi connectivity index (χ0v) is 7.47. The Balaban J connectivity index is 2.74. The van der Waals surface area contributed by atoms with Crippen LogP contribution in [0.25, 0.3) is 5.65 Å². The third kappa shape index (κ3) is 1.33. The smallest absolute Gasteiger partial charge is 0.306 e. The van der Waals surface area contributed by atoms with Crippen LogP contribution in [0.5, 0.6) is 0 Å². The average Bonchev–Trinajstić information content (AvgIpc) is 2.50. The third-order valence-electron chi connectivity index (χ3n) is 1.81. The lowest BCUT2D eigenvalue weighted by Crippen LogP contribution is -2.06. The number of fused-ring (bicyclic) bond motifs is 1. The minimum atomic E-state index is -4.44. The lowest BCUT2D eigenvalue weighted by Gasteiger charge is -2.08. The predicted octanol–water partition coefficient (Wildman–Crippen LogP) is 3.01. The summed E-state index contributed by atoms with van der Waals surface area (Å²) in [4.78, 5) is 3.72. The molecule has 74 valence electrons. The Morgan fingerprint density at radius 2 is 2.00 bits per heavy atom. The molecule has 0 amide bonds. The van der Waals surface area contributed by atoms with E-state index in [1.54, 1.807) is 0 Å². The molecule has 2 nitrogen and oxygen atoms in total. The van der Waals surface area contributed by atoms with E-state index < -0.39 is 11.7 Å². The van der Waals surface area contributed by atoms with Gasteiger partial charge in [0.1, 0.15) is 0 Å². The Kier molecular flexibility index (Phi) is 1.92. The largest absolute Gasteiger partial charge is 0.418 e. The maximum absolute atomic E-state index is 12.4. The zero-order chi connectivity index (χ0) is 10.3. The maximum atomic E-state index is 12.4. The molecule has 0 atom stereocenters. The molecule has 2 rings (SSSR count). The Morgan fingerprint density at radius 1 is 1.29 bits per heavy atom. The molecule has 0 aliphatic heterocycles. The molecule has 0 aliphatic rings. The van der Waals surface area contributed by atoms with Gasteiger partial charge in [0.05, 0.1) is 10.6 Å². The van der Waals surface area contributed by atoms with Crippen molar-refractivity contribution in [2.45, 2.75) is 6.18 Å². The number of rotatable bonds is 0. The van der Waals surface area contributed by atoms with Crippen LogP contribution in [0, 0.1) is 0 Å². The van der Waals surface area contributed by atoms with E-state index in [9.17, 15) is 13.2 Å². The fourth-order valence-corrected chi connectivity index (χ4v) is 1.49. The maximum Gasteiger partial charge on any atom is 0.418 e. The van der Waals surface area contributed by atoms with E-state index in [-0.39, 0.29) is 10.7 Å². The highest BCUT2D eigenvalue weighted by molar-refractivity contribution is 6.34. The Labute approximate surface area is 81.9 Å². The number of hydrogen-bond donors (Lipinski definition) is 0. The first-order chi connectivity index (χ1) is 6.50. The molecule has 0 aliphatic carbocycles. The second-order valence-electron chi connectivity index (χ2n) is 2.70. The van der Waals surface area contributed by atoms with Crippen molar-refractivity contribution in [2.75, 3.05) is 0 Å². The Bertz CT molecular complexity index is 475. The van der Waals surface area contributed by atoms with Gasteiger partial charge in [-0.25, -0.2) is 4.98 Å². The molecule has 0 N–H and O–H groups in total. The second kappa shape index (κ2) is 2.88. The molecule has 0 saturated carbocycles. The number of imidazole rings is 1. The Hall–Kier alpha value is -1.23. The van der Waals surface area contributed by atoms with Gasteiger partial charge < -0.3 is 4.40 Å². The lowest BCUT2D eigenvalue weighted by molar-refractivity contribution is -0.137. The van der Waals surface area contributed by atoms with Crippen molar-refractivity contribution in [2.24, 2.45) is 0 Å². The molecule has 0 aromatic carbocycles. The van der Waals surface area contributed by atoms with Crippen molar-refractivity contribution in [3.8, 4) is 0 Å². The van der Waals surface area contributed by atoms with Crippen LogP contribution >= 0.6 is 11.6 Å². The average molecular weight is 221 g/mol. The van der Waals surface area contributed by atoms with E-state index in [0.717, 1.165) is 6.07 Å².